The molecule has 2 aromatic carbocycles. The highest BCUT2D eigenvalue weighted by Gasteiger charge is 2.36. The fourth-order valence-corrected chi connectivity index (χ4v) is 3.25. The predicted octanol–water partition coefficient (Wildman–Crippen LogP) is 3.48. The van der Waals surface area contributed by atoms with Crippen molar-refractivity contribution in [2.45, 2.75) is 45.3 Å². The van der Waals surface area contributed by atoms with Crippen molar-refractivity contribution in [2.75, 3.05) is 12.0 Å². The summed E-state index contributed by atoms with van der Waals surface area (Å²) in [6.45, 7) is 7.55. The largest absolute Gasteiger partial charge is 0.460 e. The highest BCUT2D eigenvalue weighted by molar-refractivity contribution is 5.95. The average molecular weight is 399 g/mol. The van der Waals surface area contributed by atoms with Crippen molar-refractivity contribution in [2.24, 2.45) is 0 Å². The van der Waals surface area contributed by atoms with E-state index in [-0.39, 0.29) is 30.7 Å². The van der Waals surface area contributed by atoms with Gasteiger partial charge in [-0.1, -0.05) is 12.1 Å². The first kappa shape index (κ1) is 20.8. The summed E-state index contributed by atoms with van der Waals surface area (Å²) in [5.41, 5.74) is 8.24. The van der Waals surface area contributed by atoms with Crippen LogP contribution in [0.4, 0.5) is 10.1 Å². The summed E-state index contributed by atoms with van der Waals surface area (Å²) in [4.78, 5) is 24.3. The highest BCUT2D eigenvalue weighted by atomic mass is 19.1. The van der Waals surface area contributed by atoms with Gasteiger partial charge >= 0.3 is 5.97 Å². The summed E-state index contributed by atoms with van der Waals surface area (Å²) in [5.74, 6) is -0.935. The van der Waals surface area contributed by atoms with Crippen LogP contribution in [0.2, 0.25) is 0 Å². The Labute approximate surface area is 169 Å². The van der Waals surface area contributed by atoms with Crippen molar-refractivity contribution in [3.8, 4) is 0 Å². The standard InChI is InChI=1S/C22H26FN3O3/c1-21(2,3)29-19(27)11-12-24-20(28)14-5-10-18-17(13-14)22(4,26-25-18)15-6-8-16(23)9-7-15/h5-10,13,25-26H,11-12H2,1-4H3,(H,24,28). The fourth-order valence-electron chi connectivity index (χ4n) is 3.25. The molecule has 29 heavy (non-hydrogen) atoms. The van der Waals surface area contributed by atoms with Gasteiger partial charge in [0.15, 0.2) is 0 Å². The van der Waals surface area contributed by atoms with Crippen LogP contribution in [0.1, 0.15) is 55.6 Å². The van der Waals surface area contributed by atoms with Crippen molar-refractivity contribution in [1.82, 2.24) is 10.7 Å². The lowest BCUT2D eigenvalue weighted by molar-refractivity contribution is -0.154. The first-order valence-electron chi connectivity index (χ1n) is 9.52. The summed E-state index contributed by atoms with van der Waals surface area (Å²) in [5, 5.41) is 2.75. The SMILES string of the molecule is CC(C)(C)OC(=O)CCNC(=O)c1ccc2c(c1)C(C)(c1ccc(F)cc1)NN2. The summed E-state index contributed by atoms with van der Waals surface area (Å²) in [6, 6.07) is 11.6. The molecule has 1 unspecified atom stereocenters. The molecule has 0 aromatic heterocycles. The minimum Gasteiger partial charge on any atom is -0.460 e. The molecule has 2 aromatic rings. The first-order valence-corrected chi connectivity index (χ1v) is 9.52. The van der Waals surface area contributed by atoms with E-state index in [4.69, 9.17) is 4.74 Å². The topological polar surface area (TPSA) is 79.5 Å². The van der Waals surface area contributed by atoms with Gasteiger partial charge in [0, 0.05) is 17.7 Å². The number of nitrogens with one attached hydrogen (secondary N) is 3. The molecule has 3 rings (SSSR count). The lowest BCUT2D eigenvalue weighted by atomic mass is 9.85. The third-order valence-corrected chi connectivity index (χ3v) is 4.72. The van der Waals surface area contributed by atoms with E-state index in [1.807, 2.05) is 13.0 Å². The number of ether oxygens (including phenoxy) is 1. The molecule has 1 atom stereocenters. The van der Waals surface area contributed by atoms with Crippen molar-refractivity contribution in [3.63, 3.8) is 0 Å². The zero-order valence-corrected chi connectivity index (χ0v) is 17.1. The Morgan fingerprint density at radius 2 is 1.83 bits per heavy atom. The predicted molar refractivity (Wildman–Crippen MR) is 109 cm³/mol. The molecule has 0 saturated carbocycles. The number of hydrogen-bond acceptors (Lipinski definition) is 5. The van der Waals surface area contributed by atoms with E-state index in [1.54, 1.807) is 45.0 Å². The summed E-state index contributed by atoms with van der Waals surface area (Å²) in [6.07, 6.45) is 0.102. The molecule has 0 saturated heterocycles. The van der Waals surface area contributed by atoms with Crippen LogP contribution in [0, 0.1) is 5.82 Å². The molecule has 0 bridgehead atoms. The van der Waals surface area contributed by atoms with E-state index in [1.165, 1.54) is 12.1 Å². The Bertz CT molecular complexity index is 922. The maximum Gasteiger partial charge on any atom is 0.308 e. The molecule has 6 nitrogen and oxygen atoms in total. The number of carbonyl (C=O) groups is 2. The number of hydrogen-bond donors (Lipinski definition) is 3. The Kier molecular flexibility index (Phi) is 5.61. The number of halogens is 1. The number of rotatable bonds is 5. The van der Waals surface area contributed by atoms with Crippen molar-refractivity contribution >= 4 is 17.6 Å². The monoisotopic (exact) mass is 399 g/mol. The van der Waals surface area contributed by atoms with Crippen molar-refractivity contribution in [3.05, 3.63) is 65.0 Å². The van der Waals surface area contributed by atoms with Gasteiger partial charge < -0.3 is 15.5 Å². The molecule has 0 radical (unpaired) electrons. The van der Waals surface area contributed by atoms with Gasteiger partial charge in [-0.05, 0) is 63.6 Å². The molecular formula is C22H26FN3O3. The third kappa shape index (κ3) is 4.74. The second-order valence-electron chi connectivity index (χ2n) is 8.23. The van der Waals surface area contributed by atoms with Crippen LogP contribution in [0.5, 0.6) is 0 Å². The Morgan fingerprint density at radius 1 is 1.14 bits per heavy atom. The lowest BCUT2D eigenvalue weighted by Gasteiger charge is -2.25. The molecule has 1 amide bonds. The van der Waals surface area contributed by atoms with Gasteiger partial charge in [-0.3, -0.25) is 9.59 Å². The number of anilines is 1. The van der Waals surface area contributed by atoms with E-state index in [0.29, 0.717) is 5.56 Å². The van der Waals surface area contributed by atoms with Crippen LogP contribution in [-0.4, -0.2) is 24.0 Å². The molecule has 0 fully saturated rings. The van der Waals surface area contributed by atoms with Gasteiger partial charge in [0.2, 0.25) is 0 Å². The first-order chi connectivity index (χ1) is 13.6. The molecule has 1 aliphatic rings. The number of carbonyl (C=O) groups excluding carboxylic acids is 2. The van der Waals surface area contributed by atoms with Gasteiger partial charge in [-0.2, -0.15) is 0 Å². The van der Waals surface area contributed by atoms with Crippen LogP contribution in [0.25, 0.3) is 0 Å². The summed E-state index contributed by atoms with van der Waals surface area (Å²) in [7, 11) is 0. The molecule has 3 N–H and O–H groups in total. The minimum absolute atomic E-state index is 0.102. The third-order valence-electron chi connectivity index (χ3n) is 4.72. The van der Waals surface area contributed by atoms with E-state index < -0.39 is 11.1 Å². The molecule has 1 heterocycles. The number of esters is 1. The van der Waals surface area contributed by atoms with E-state index in [2.05, 4.69) is 16.2 Å². The van der Waals surface area contributed by atoms with Crippen LogP contribution >= 0.6 is 0 Å². The van der Waals surface area contributed by atoms with Gasteiger partial charge in [-0.15, -0.1) is 0 Å². The van der Waals surface area contributed by atoms with Gasteiger partial charge in [0.05, 0.1) is 17.6 Å². The maximum atomic E-state index is 13.3. The summed E-state index contributed by atoms with van der Waals surface area (Å²) >= 11 is 0. The molecule has 1 aliphatic heterocycles. The lowest BCUT2D eigenvalue weighted by Crippen LogP contribution is -2.37. The van der Waals surface area contributed by atoms with Gasteiger partial charge in [-0.25, -0.2) is 9.82 Å². The van der Waals surface area contributed by atoms with Gasteiger partial charge in [0.25, 0.3) is 5.91 Å². The Morgan fingerprint density at radius 3 is 2.48 bits per heavy atom. The molecular weight excluding hydrogens is 373 g/mol. The Balaban J connectivity index is 1.71. The minimum atomic E-state index is -0.615. The van der Waals surface area contributed by atoms with Crippen LogP contribution < -0.4 is 16.2 Å². The number of fused-ring (bicyclic) bond motifs is 1. The number of benzene rings is 2. The van der Waals surface area contributed by atoms with E-state index in [0.717, 1.165) is 16.8 Å². The quantitative estimate of drug-likeness (QED) is 0.671. The van der Waals surface area contributed by atoms with Crippen LogP contribution in [0.3, 0.4) is 0 Å². The van der Waals surface area contributed by atoms with E-state index in [9.17, 15) is 14.0 Å². The smallest absolute Gasteiger partial charge is 0.308 e. The Hall–Kier alpha value is -2.93. The second-order valence-corrected chi connectivity index (χ2v) is 8.23. The van der Waals surface area contributed by atoms with Crippen LogP contribution in [0.15, 0.2) is 42.5 Å². The normalized spacial score (nSPS) is 18.0. The molecule has 7 heteroatoms. The fraction of sp³-hybridized carbons (Fsp3) is 0.364. The molecule has 0 spiro atoms. The van der Waals surface area contributed by atoms with Crippen molar-refractivity contribution < 1.29 is 18.7 Å². The van der Waals surface area contributed by atoms with Crippen LogP contribution in [-0.2, 0) is 15.1 Å². The van der Waals surface area contributed by atoms with E-state index >= 15 is 0 Å². The number of hydrazine groups is 1. The zero-order valence-electron chi connectivity index (χ0n) is 17.1. The summed E-state index contributed by atoms with van der Waals surface area (Å²) < 4.78 is 18.5. The maximum absolute atomic E-state index is 13.3. The second kappa shape index (κ2) is 7.83. The molecule has 0 aliphatic carbocycles. The number of amides is 1. The van der Waals surface area contributed by atoms with Gasteiger partial charge in [0.1, 0.15) is 11.4 Å². The van der Waals surface area contributed by atoms with Crippen molar-refractivity contribution in [1.29, 1.82) is 0 Å². The highest BCUT2D eigenvalue weighted by Crippen LogP contribution is 2.38. The zero-order chi connectivity index (χ0) is 21.2. The molecule has 154 valence electrons. The average Bonchev–Trinajstić information content (AvgIpc) is 2.98.